The van der Waals surface area contributed by atoms with Crippen LogP contribution in [0.5, 0.6) is 0 Å². The lowest BCUT2D eigenvalue weighted by Crippen LogP contribution is -2.48. The molecule has 3 aliphatic rings. The van der Waals surface area contributed by atoms with E-state index in [0.29, 0.717) is 25.4 Å². The normalized spacial score (nSPS) is 27.5. The van der Waals surface area contributed by atoms with E-state index in [-0.39, 0.29) is 34.9 Å². The van der Waals surface area contributed by atoms with Crippen molar-refractivity contribution in [1.82, 2.24) is 15.7 Å². The molecule has 196 valence electrons. The molecule has 2 aliphatic heterocycles. The van der Waals surface area contributed by atoms with Crippen molar-refractivity contribution in [3.05, 3.63) is 65.5 Å². The van der Waals surface area contributed by atoms with Gasteiger partial charge in [0.25, 0.3) is 0 Å². The third-order valence-corrected chi connectivity index (χ3v) is 7.82. The molecule has 5 N–H and O–H groups in total. The molecule has 3 fully saturated rings. The Morgan fingerprint density at radius 3 is 2.49 bits per heavy atom. The van der Waals surface area contributed by atoms with Gasteiger partial charge < -0.3 is 20.8 Å². The summed E-state index contributed by atoms with van der Waals surface area (Å²) < 4.78 is 14.8. The number of amides is 3. The molecule has 0 spiro atoms. The summed E-state index contributed by atoms with van der Waals surface area (Å²) in [7, 11) is 0. The van der Waals surface area contributed by atoms with Crippen LogP contribution in [0.25, 0.3) is 0 Å². The van der Waals surface area contributed by atoms with E-state index in [1.165, 1.54) is 12.1 Å². The molecule has 1 aliphatic carbocycles. The Labute approximate surface area is 214 Å². The third kappa shape index (κ3) is 5.30. The molecule has 0 radical (unpaired) electrons. The van der Waals surface area contributed by atoms with E-state index in [1.807, 2.05) is 30.3 Å². The predicted octanol–water partition coefficient (Wildman–Crippen LogP) is 3.16. The predicted molar refractivity (Wildman–Crippen MR) is 134 cm³/mol. The van der Waals surface area contributed by atoms with Crippen LogP contribution in [0.2, 0.25) is 0 Å². The van der Waals surface area contributed by atoms with Gasteiger partial charge in [-0.2, -0.15) is 0 Å². The molecule has 2 heterocycles. The number of hydrogen-bond acceptors (Lipinski definition) is 6. The number of hydrogen-bond donors (Lipinski definition) is 4. The summed E-state index contributed by atoms with van der Waals surface area (Å²) in [6, 6.07) is 13.3. The number of nitrogens with two attached hydrogens (primary N) is 1. The summed E-state index contributed by atoms with van der Waals surface area (Å²) in [5.74, 6) is -0.769. The van der Waals surface area contributed by atoms with Crippen LogP contribution in [0, 0.1) is 17.7 Å². The molecule has 37 heavy (non-hydrogen) atoms. The van der Waals surface area contributed by atoms with Gasteiger partial charge >= 0.3 is 6.09 Å². The fraction of sp³-hybridized carbons (Fsp3) is 0.444. The molecule has 5 rings (SSSR count). The molecule has 9 nitrogen and oxygen atoms in total. The van der Waals surface area contributed by atoms with Crippen LogP contribution >= 0.6 is 0 Å². The summed E-state index contributed by atoms with van der Waals surface area (Å²) >= 11 is 0. The summed E-state index contributed by atoms with van der Waals surface area (Å²) in [6.07, 6.45) is 2.56. The van der Waals surface area contributed by atoms with Gasteiger partial charge in [0.15, 0.2) is 0 Å². The number of hydroxylamine groups is 1. The van der Waals surface area contributed by atoms with Gasteiger partial charge in [0, 0.05) is 29.6 Å². The Balaban J connectivity index is 1.35. The van der Waals surface area contributed by atoms with Crippen LogP contribution in [0.3, 0.4) is 0 Å². The van der Waals surface area contributed by atoms with Crippen LogP contribution < -0.4 is 21.8 Å². The summed E-state index contributed by atoms with van der Waals surface area (Å²) in [5.41, 5.74) is 9.67. The molecule has 0 bridgehead atoms. The second-order valence-corrected chi connectivity index (χ2v) is 10.0. The van der Waals surface area contributed by atoms with E-state index in [9.17, 15) is 18.8 Å². The first kappa shape index (κ1) is 25.2. The minimum absolute atomic E-state index is 0.0126. The topological polar surface area (TPSA) is 126 Å². The highest BCUT2D eigenvalue weighted by molar-refractivity contribution is 5.98. The average molecular weight is 510 g/mol. The summed E-state index contributed by atoms with van der Waals surface area (Å²) in [4.78, 5) is 44.9. The number of likely N-dealkylation sites (tertiary alicyclic amines) is 1. The smallest absolute Gasteiger partial charge is 0.351 e. The van der Waals surface area contributed by atoms with Crippen LogP contribution in [-0.4, -0.2) is 41.9 Å². The van der Waals surface area contributed by atoms with E-state index < -0.39 is 24.1 Å². The summed E-state index contributed by atoms with van der Waals surface area (Å²) in [5, 5.41) is 5.27. The third-order valence-electron chi connectivity index (χ3n) is 7.82. The lowest BCUT2D eigenvalue weighted by atomic mass is 9.81. The largest absolute Gasteiger partial charge is 0.427 e. The number of benzene rings is 2. The van der Waals surface area contributed by atoms with Crippen LogP contribution in [0.15, 0.2) is 48.5 Å². The number of carbonyl (C=O) groups is 3. The van der Waals surface area contributed by atoms with E-state index in [0.717, 1.165) is 31.2 Å². The first-order valence-electron chi connectivity index (χ1n) is 12.8. The Hall–Kier alpha value is -3.50. The second kappa shape index (κ2) is 10.9. The number of anilines is 1. The second-order valence-electron chi connectivity index (χ2n) is 10.0. The average Bonchev–Trinajstić information content (AvgIpc) is 3.55. The Morgan fingerprint density at radius 1 is 1.08 bits per heavy atom. The molecule has 2 aromatic carbocycles. The van der Waals surface area contributed by atoms with Gasteiger partial charge in [-0.05, 0) is 62.3 Å². The lowest BCUT2D eigenvalue weighted by molar-refractivity contribution is -0.141. The van der Waals surface area contributed by atoms with Crippen LogP contribution in [0.1, 0.15) is 55.3 Å². The molecule has 2 aromatic rings. The van der Waals surface area contributed by atoms with Crippen molar-refractivity contribution in [2.24, 2.45) is 17.6 Å². The first-order chi connectivity index (χ1) is 17.9. The molecule has 1 saturated carbocycles. The fourth-order valence-electron chi connectivity index (χ4n) is 5.78. The highest BCUT2D eigenvalue weighted by Gasteiger charge is 2.44. The van der Waals surface area contributed by atoms with Crippen molar-refractivity contribution in [2.75, 3.05) is 18.4 Å². The van der Waals surface area contributed by atoms with Crippen molar-refractivity contribution in [2.45, 2.75) is 50.2 Å². The van der Waals surface area contributed by atoms with Gasteiger partial charge in [0.1, 0.15) is 18.0 Å². The molecule has 3 amide bonds. The van der Waals surface area contributed by atoms with Crippen molar-refractivity contribution in [3.63, 3.8) is 0 Å². The van der Waals surface area contributed by atoms with E-state index in [2.05, 4.69) is 21.0 Å². The van der Waals surface area contributed by atoms with Crippen LogP contribution in [0.4, 0.5) is 14.9 Å². The summed E-state index contributed by atoms with van der Waals surface area (Å²) in [6.45, 7) is 1.13. The zero-order valence-corrected chi connectivity index (χ0v) is 20.5. The van der Waals surface area contributed by atoms with Crippen LogP contribution in [-0.2, 0) is 14.4 Å². The molecule has 1 unspecified atom stereocenters. The minimum Gasteiger partial charge on any atom is -0.351 e. The number of nitrogens with zero attached hydrogens (tertiary/aromatic N) is 1. The molecule has 2 saturated heterocycles. The van der Waals surface area contributed by atoms with Crippen molar-refractivity contribution >= 4 is 23.6 Å². The van der Waals surface area contributed by atoms with Crippen molar-refractivity contribution in [3.8, 4) is 0 Å². The Kier molecular flexibility index (Phi) is 7.38. The van der Waals surface area contributed by atoms with Crippen molar-refractivity contribution < 1.29 is 23.6 Å². The number of halogens is 1. The highest BCUT2D eigenvalue weighted by Crippen LogP contribution is 2.38. The SMILES string of the molecule is NCC1CCC(C(=O)N2CC[C@@H](c3ccccc3)[C@H]2C(=O)Nc2ccc(C3NOC(=O)N3)c(F)c2)CC1. The molecular weight excluding hydrogens is 477 g/mol. The van der Waals surface area contributed by atoms with Gasteiger partial charge in [0.2, 0.25) is 11.8 Å². The first-order valence-corrected chi connectivity index (χ1v) is 12.8. The van der Waals surface area contributed by atoms with E-state index >= 15 is 0 Å². The monoisotopic (exact) mass is 509 g/mol. The van der Waals surface area contributed by atoms with Gasteiger partial charge in [-0.15, -0.1) is 5.48 Å². The van der Waals surface area contributed by atoms with Gasteiger partial charge in [0.05, 0.1) is 0 Å². The van der Waals surface area contributed by atoms with Gasteiger partial charge in [-0.3, -0.25) is 14.9 Å². The van der Waals surface area contributed by atoms with E-state index in [4.69, 9.17) is 5.73 Å². The maximum atomic E-state index is 14.8. The lowest BCUT2D eigenvalue weighted by Gasteiger charge is -2.33. The number of carbonyl (C=O) groups excluding carboxylic acids is 3. The maximum absolute atomic E-state index is 14.8. The molecule has 0 aromatic heterocycles. The Bertz CT molecular complexity index is 1150. The minimum atomic E-state index is -0.822. The maximum Gasteiger partial charge on any atom is 0.427 e. The van der Waals surface area contributed by atoms with Gasteiger partial charge in [-0.25, -0.2) is 9.18 Å². The zero-order valence-electron chi connectivity index (χ0n) is 20.5. The zero-order chi connectivity index (χ0) is 25.9. The Morgan fingerprint density at radius 2 is 1.84 bits per heavy atom. The highest BCUT2D eigenvalue weighted by atomic mass is 19.1. The fourth-order valence-corrected chi connectivity index (χ4v) is 5.78. The number of rotatable bonds is 6. The quantitative estimate of drug-likeness (QED) is 0.474. The number of nitrogens with one attached hydrogen (secondary N) is 3. The van der Waals surface area contributed by atoms with Gasteiger partial charge in [-0.1, -0.05) is 36.4 Å². The van der Waals surface area contributed by atoms with E-state index in [1.54, 1.807) is 11.0 Å². The standard InChI is InChI=1S/C27H32FN5O4/c28-22-14-19(10-11-21(22)24-31-27(36)37-32-24)30-25(34)23-20(17-4-2-1-3-5-17)12-13-33(23)26(35)18-8-6-16(15-29)7-9-18/h1-5,10-11,14,16,18,20,23-24,32H,6-9,12-13,15,29H2,(H,30,34)(H,31,36)/t16?,18?,20-,23-,24?/m0/s1. The van der Waals surface area contributed by atoms with Crippen molar-refractivity contribution in [1.29, 1.82) is 0 Å². The molecule has 3 atom stereocenters. The molecule has 10 heteroatoms. The molecular formula is C27H32FN5O4.